The van der Waals surface area contributed by atoms with Crippen LogP contribution in [0.2, 0.25) is 0 Å². The van der Waals surface area contributed by atoms with Crippen molar-refractivity contribution in [2.75, 3.05) is 18.4 Å². The molecule has 1 amide bonds. The van der Waals surface area contributed by atoms with E-state index < -0.39 is 10.0 Å². The van der Waals surface area contributed by atoms with Crippen LogP contribution in [0.25, 0.3) is 22.1 Å². The van der Waals surface area contributed by atoms with E-state index in [1.807, 2.05) is 11.6 Å². The van der Waals surface area contributed by atoms with Gasteiger partial charge >= 0.3 is 5.69 Å². The fourth-order valence-corrected chi connectivity index (χ4v) is 5.96. The number of sulfonamides is 1. The standard InChI is InChI=1S/C23H26N6O4S/c1-28-20-8-6-16(34(32,33)29-11-3-2-4-12-29)14-19(20)25-21(28)9-10-22(30)24-15-5-7-17-18(13-15)27-23(31)26-17/h5-8,13-14H,2-4,9-12H2,1H3,(H,24,30)(H2,26,27,31). The van der Waals surface area contributed by atoms with Crippen molar-refractivity contribution in [3.05, 3.63) is 52.7 Å². The number of hydrogen-bond acceptors (Lipinski definition) is 5. The van der Waals surface area contributed by atoms with Crippen molar-refractivity contribution in [1.29, 1.82) is 0 Å². The van der Waals surface area contributed by atoms with Crippen molar-refractivity contribution < 1.29 is 13.2 Å². The summed E-state index contributed by atoms with van der Waals surface area (Å²) >= 11 is 0. The molecule has 3 heterocycles. The average molecular weight is 483 g/mol. The lowest BCUT2D eigenvalue weighted by molar-refractivity contribution is -0.116. The van der Waals surface area contributed by atoms with Gasteiger partial charge in [-0.3, -0.25) is 4.79 Å². The first kappa shape index (κ1) is 22.4. The Kier molecular flexibility index (Phi) is 5.74. The molecule has 0 spiro atoms. The molecule has 1 aliphatic rings. The first-order chi connectivity index (χ1) is 16.3. The van der Waals surface area contributed by atoms with Crippen LogP contribution in [-0.4, -0.2) is 51.2 Å². The number of nitrogens with zero attached hydrogens (tertiary/aromatic N) is 3. The monoisotopic (exact) mass is 482 g/mol. The highest BCUT2D eigenvalue weighted by molar-refractivity contribution is 7.89. The van der Waals surface area contributed by atoms with E-state index in [0.717, 1.165) is 24.8 Å². The number of H-pyrrole nitrogens is 2. The second kappa shape index (κ2) is 8.73. The Morgan fingerprint density at radius 1 is 1.06 bits per heavy atom. The molecule has 0 saturated carbocycles. The van der Waals surface area contributed by atoms with Crippen molar-refractivity contribution in [3.8, 4) is 0 Å². The number of anilines is 1. The Balaban J connectivity index is 1.30. The molecule has 10 nitrogen and oxygen atoms in total. The zero-order valence-electron chi connectivity index (χ0n) is 18.8. The summed E-state index contributed by atoms with van der Waals surface area (Å²) in [5, 5.41) is 2.84. The number of rotatable bonds is 6. The summed E-state index contributed by atoms with van der Waals surface area (Å²) in [6.07, 6.45) is 3.43. The molecule has 178 valence electrons. The van der Waals surface area contributed by atoms with E-state index in [9.17, 15) is 18.0 Å². The zero-order chi connectivity index (χ0) is 23.9. The van der Waals surface area contributed by atoms with Gasteiger partial charge in [0.15, 0.2) is 0 Å². The molecule has 0 aliphatic carbocycles. The number of aromatic amines is 2. The van der Waals surface area contributed by atoms with Crippen molar-refractivity contribution >= 4 is 43.7 Å². The predicted molar refractivity (Wildman–Crippen MR) is 129 cm³/mol. The number of carbonyl (C=O) groups is 1. The largest absolute Gasteiger partial charge is 0.331 e. The molecule has 2 aromatic carbocycles. The molecular weight excluding hydrogens is 456 g/mol. The summed E-state index contributed by atoms with van der Waals surface area (Å²) in [5.74, 6) is 0.515. The minimum atomic E-state index is -3.54. The fourth-order valence-electron chi connectivity index (χ4n) is 4.43. The van der Waals surface area contributed by atoms with E-state index >= 15 is 0 Å². The van der Waals surface area contributed by atoms with Gasteiger partial charge in [0.25, 0.3) is 0 Å². The summed E-state index contributed by atoms with van der Waals surface area (Å²) in [4.78, 5) is 34.1. The van der Waals surface area contributed by atoms with Crippen molar-refractivity contribution in [2.24, 2.45) is 7.05 Å². The highest BCUT2D eigenvalue weighted by Crippen LogP contribution is 2.25. The van der Waals surface area contributed by atoms with Crippen LogP contribution in [-0.2, 0) is 28.3 Å². The Morgan fingerprint density at radius 2 is 1.82 bits per heavy atom. The Labute approximate surface area is 196 Å². The van der Waals surface area contributed by atoms with Crippen LogP contribution in [0.1, 0.15) is 31.5 Å². The number of aromatic nitrogens is 4. The molecule has 3 N–H and O–H groups in total. The molecule has 0 unspecified atom stereocenters. The van der Waals surface area contributed by atoms with Gasteiger partial charge in [0, 0.05) is 38.7 Å². The Bertz CT molecular complexity index is 1540. The smallest absolute Gasteiger partial charge is 0.323 e. The lowest BCUT2D eigenvalue weighted by Crippen LogP contribution is -2.35. The van der Waals surface area contributed by atoms with Crippen LogP contribution in [0, 0.1) is 0 Å². The van der Waals surface area contributed by atoms with Gasteiger partial charge in [-0.2, -0.15) is 4.31 Å². The highest BCUT2D eigenvalue weighted by Gasteiger charge is 2.26. The van der Waals surface area contributed by atoms with Gasteiger partial charge in [-0.1, -0.05) is 6.42 Å². The number of imidazole rings is 2. The van der Waals surface area contributed by atoms with Gasteiger partial charge in [0.1, 0.15) is 5.82 Å². The summed E-state index contributed by atoms with van der Waals surface area (Å²) in [7, 11) is -1.68. The quantitative estimate of drug-likeness (QED) is 0.388. The van der Waals surface area contributed by atoms with Crippen LogP contribution in [0.3, 0.4) is 0 Å². The topological polar surface area (TPSA) is 133 Å². The molecule has 0 radical (unpaired) electrons. The van der Waals surface area contributed by atoms with Gasteiger partial charge in [0.2, 0.25) is 15.9 Å². The van der Waals surface area contributed by atoms with E-state index in [0.29, 0.717) is 47.6 Å². The van der Waals surface area contributed by atoms with Crippen LogP contribution in [0.4, 0.5) is 5.69 Å². The molecule has 0 atom stereocenters. The van der Waals surface area contributed by atoms with Crippen molar-refractivity contribution in [3.63, 3.8) is 0 Å². The van der Waals surface area contributed by atoms with Gasteiger partial charge in [-0.25, -0.2) is 18.2 Å². The van der Waals surface area contributed by atoms with Gasteiger partial charge in [-0.15, -0.1) is 0 Å². The molecule has 1 aliphatic heterocycles. The molecule has 1 saturated heterocycles. The van der Waals surface area contributed by atoms with Gasteiger partial charge in [0.05, 0.1) is 27.0 Å². The molecule has 0 bridgehead atoms. The first-order valence-corrected chi connectivity index (χ1v) is 12.7. The molecule has 11 heteroatoms. The summed E-state index contributed by atoms with van der Waals surface area (Å²) in [5.41, 5.74) is 2.99. The second-order valence-electron chi connectivity index (χ2n) is 8.59. The normalized spacial score (nSPS) is 15.2. The molecule has 34 heavy (non-hydrogen) atoms. The number of hydrogen-bond donors (Lipinski definition) is 3. The van der Waals surface area contributed by atoms with Crippen molar-refractivity contribution in [2.45, 2.75) is 37.0 Å². The van der Waals surface area contributed by atoms with E-state index in [-0.39, 0.29) is 22.9 Å². The van der Waals surface area contributed by atoms with E-state index in [2.05, 4.69) is 20.3 Å². The second-order valence-corrected chi connectivity index (χ2v) is 10.5. The van der Waals surface area contributed by atoms with Crippen LogP contribution < -0.4 is 11.0 Å². The van der Waals surface area contributed by atoms with Crippen LogP contribution in [0.15, 0.2) is 46.1 Å². The highest BCUT2D eigenvalue weighted by atomic mass is 32.2. The van der Waals surface area contributed by atoms with Crippen LogP contribution in [0.5, 0.6) is 0 Å². The van der Waals surface area contributed by atoms with Crippen LogP contribution >= 0.6 is 0 Å². The van der Waals surface area contributed by atoms with Gasteiger partial charge in [-0.05, 0) is 49.2 Å². The molecule has 2 aromatic heterocycles. The zero-order valence-corrected chi connectivity index (χ0v) is 19.6. The number of carbonyl (C=O) groups excluding carboxylic acids is 1. The summed E-state index contributed by atoms with van der Waals surface area (Å²) < 4.78 is 29.5. The van der Waals surface area contributed by atoms with E-state index in [4.69, 9.17) is 0 Å². The molecule has 1 fully saturated rings. The van der Waals surface area contributed by atoms with E-state index in [1.54, 1.807) is 40.7 Å². The molecular formula is C23H26N6O4S. The SMILES string of the molecule is Cn1c(CCC(=O)Nc2ccc3[nH]c(=O)[nH]c3c2)nc2cc(S(=O)(=O)N3CCCCC3)ccc21. The van der Waals surface area contributed by atoms with E-state index in [1.165, 1.54) is 0 Å². The minimum absolute atomic E-state index is 0.183. The fraction of sp³-hybridized carbons (Fsp3) is 0.348. The lowest BCUT2D eigenvalue weighted by atomic mass is 10.2. The maximum absolute atomic E-state index is 13.0. The maximum Gasteiger partial charge on any atom is 0.323 e. The number of fused-ring (bicyclic) bond motifs is 2. The third-order valence-corrected chi connectivity index (χ3v) is 8.17. The third kappa shape index (κ3) is 4.24. The molecule has 5 rings (SSSR count). The predicted octanol–water partition coefficient (Wildman–Crippen LogP) is 2.49. The minimum Gasteiger partial charge on any atom is -0.331 e. The third-order valence-electron chi connectivity index (χ3n) is 6.27. The number of benzene rings is 2. The maximum atomic E-state index is 13.0. The van der Waals surface area contributed by atoms with Crippen molar-refractivity contribution in [1.82, 2.24) is 23.8 Å². The number of aryl methyl sites for hydroxylation is 2. The first-order valence-electron chi connectivity index (χ1n) is 11.3. The van der Waals surface area contributed by atoms with Gasteiger partial charge < -0.3 is 19.9 Å². The number of nitrogens with one attached hydrogen (secondary N) is 3. The summed E-state index contributed by atoms with van der Waals surface area (Å²) in [6, 6.07) is 10.2. The Hall–Kier alpha value is -3.44. The number of piperidine rings is 1. The molecule has 4 aromatic rings. The summed E-state index contributed by atoms with van der Waals surface area (Å²) in [6.45, 7) is 1.10. The average Bonchev–Trinajstić information content (AvgIpc) is 3.36. The lowest BCUT2D eigenvalue weighted by Gasteiger charge is -2.25. The Morgan fingerprint density at radius 3 is 2.62 bits per heavy atom. The number of amides is 1.